The Kier molecular flexibility index (Phi) is 5.21. The minimum absolute atomic E-state index is 0.0416. The Hall–Kier alpha value is -1.15. The summed E-state index contributed by atoms with van der Waals surface area (Å²) < 4.78 is 22.7. The Morgan fingerprint density at radius 3 is 2.67 bits per heavy atom. The lowest BCUT2D eigenvalue weighted by atomic mass is 10.0. The molecular formula is C13H22N2O5S. The average Bonchev–Trinajstić information content (AvgIpc) is 2.93. The Morgan fingerprint density at radius 2 is 2.05 bits per heavy atom. The molecule has 0 aromatic rings. The minimum atomic E-state index is -2.98. The number of hydrogen-bond donors (Lipinski definition) is 2. The summed E-state index contributed by atoms with van der Waals surface area (Å²) in [5, 5.41) is 11.4. The molecule has 2 heterocycles. The standard InChI is InChI=1S/C13H22N2O5S/c16-12(14-11-4-6-21(19,20)9-11)8-15-5-3-10(7-15)1-2-13(17)18/h10-11H,1-9H2,(H,14,16)(H,17,18). The van der Waals surface area contributed by atoms with Crippen LogP contribution in [0.4, 0.5) is 0 Å². The molecule has 0 saturated carbocycles. The number of carbonyl (C=O) groups excluding carboxylic acids is 1. The van der Waals surface area contributed by atoms with Gasteiger partial charge < -0.3 is 10.4 Å². The Balaban J connectivity index is 1.68. The highest BCUT2D eigenvalue weighted by molar-refractivity contribution is 7.91. The number of nitrogens with zero attached hydrogens (tertiary/aromatic N) is 1. The second-order valence-electron chi connectivity index (χ2n) is 5.99. The zero-order chi connectivity index (χ0) is 15.5. The number of aliphatic carboxylic acids is 1. The van der Waals surface area contributed by atoms with Crippen LogP contribution >= 0.6 is 0 Å². The van der Waals surface area contributed by atoms with Crippen LogP contribution < -0.4 is 5.32 Å². The second-order valence-corrected chi connectivity index (χ2v) is 8.22. The lowest BCUT2D eigenvalue weighted by molar-refractivity contribution is -0.137. The largest absolute Gasteiger partial charge is 0.481 e. The predicted octanol–water partition coefficient (Wildman–Crippen LogP) is -0.524. The van der Waals surface area contributed by atoms with Crippen LogP contribution in [-0.2, 0) is 19.4 Å². The van der Waals surface area contributed by atoms with Crippen LogP contribution in [0.3, 0.4) is 0 Å². The van der Waals surface area contributed by atoms with E-state index in [9.17, 15) is 18.0 Å². The molecule has 2 atom stereocenters. The molecule has 2 saturated heterocycles. The van der Waals surface area contributed by atoms with Crippen LogP contribution in [0.2, 0.25) is 0 Å². The van der Waals surface area contributed by atoms with Gasteiger partial charge in [-0.25, -0.2) is 8.42 Å². The van der Waals surface area contributed by atoms with Gasteiger partial charge in [-0.05, 0) is 31.7 Å². The summed E-state index contributed by atoms with van der Waals surface area (Å²) in [6.45, 7) is 1.80. The fourth-order valence-electron chi connectivity index (χ4n) is 3.00. The van der Waals surface area contributed by atoms with Crippen molar-refractivity contribution in [2.45, 2.75) is 31.7 Å². The number of carboxylic acids is 1. The van der Waals surface area contributed by atoms with Gasteiger partial charge in [0.25, 0.3) is 0 Å². The third-order valence-electron chi connectivity index (χ3n) is 4.10. The summed E-state index contributed by atoms with van der Waals surface area (Å²) in [4.78, 5) is 24.4. The highest BCUT2D eigenvalue weighted by atomic mass is 32.2. The number of carbonyl (C=O) groups is 2. The topological polar surface area (TPSA) is 104 Å². The third kappa shape index (κ3) is 5.28. The summed E-state index contributed by atoms with van der Waals surface area (Å²) >= 11 is 0. The molecule has 0 aromatic heterocycles. The number of carboxylic acid groups (broad SMARTS) is 1. The van der Waals surface area contributed by atoms with Crippen LogP contribution in [0.15, 0.2) is 0 Å². The van der Waals surface area contributed by atoms with Gasteiger partial charge in [-0.1, -0.05) is 0 Å². The molecule has 2 N–H and O–H groups in total. The number of sulfone groups is 1. The number of amides is 1. The SMILES string of the molecule is O=C(O)CCC1CCN(CC(=O)NC2CCS(=O)(=O)C2)C1. The first-order valence-corrected chi connectivity index (χ1v) is 9.10. The molecule has 2 rings (SSSR count). The van der Waals surface area contributed by atoms with E-state index in [0.29, 0.717) is 18.8 Å². The van der Waals surface area contributed by atoms with Crippen molar-refractivity contribution in [3.8, 4) is 0 Å². The molecule has 0 aliphatic carbocycles. The monoisotopic (exact) mass is 318 g/mol. The minimum Gasteiger partial charge on any atom is -0.481 e. The van der Waals surface area contributed by atoms with Crippen molar-refractivity contribution in [1.29, 1.82) is 0 Å². The van der Waals surface area contributed by atoms with E-state index in [1.165, 1.54) is 0 Å². The maximum atomic E-state index is 11.9. The fraction of sp³-hybridized carbons (Fsp3) is 0.846. The Labute approximate surface area is 124 Å². The van der Waals surface area contributed by atoms with Crippen molar-refractivity contribution >= 4 is 21.7 Å². The maximum absolute atomic E-state index is 11.9. The van der Waals surface area contributed by atoms with Gasteiger partial charge in [0.05, 0.1) is 18.1 Å². The van der Waals surface area contributed by atoms with Crippen molar-refractivity contribution in [1.82, 2.24) is 10.2 Å². The van der Waals surface area contributed by atoms with Crippen LogP contribution in [0.25, 0.3) is 0 Å². The molecule has 0 spiro atoms. The molecule has 2 unspecified atom stereocenters. The van der Waals surface area contributed by atoms with Gasteiger partial charge in [0.2, 0.25) is 5.91 Å². The van der Waals surface area contributed by atoms with Crippen molar-refractivity contribution in [3.05, 3.63) is 0 Å². The van der Waals surface area contributed by atoms with E-state index in [1.807, 2.05) is 4.90 Å². The first-order valence-electron chi connectivity index (χ1n) is 7.28. The fourth-order valence-corrected chi connectivity index (χ4v) is 4.68. The van der Waals surface area contributed by atoms with Crippen molar-refractivity contribution in [3.63, 3.8) is 0 Å². The lowest BCUT2D eigenvalue weighted by Crippen LogP contribution is -2.42. The smallest absolute Gasteiger partial charge is 0.303 e. The number of likely N-dealkylation sites (tertiary alicyclic amines) is 1. The summed E-state index contributed by atoms with van der Waals surface area (Å²) in [5.41, 5.74) is 0. The zero-order valence-corrected chi connectivity index (χ0v) is 12.8. The molecule has 0 aromatic carbocycles. The van der Waals surface area contributed by atoms with E-state index in [2.05, 4.69) is 5.32 Å². The number of rotatable bonds is 6. The predicted molar refractivity (Wildman–Crippen MR) is 76.6 cm³/mol. The normalized spacial score (nSPS) is 28.6. The number of nitrogens with one attached hydrogen (secondary N) is 1. The van der Waals surface area contributed by atoms with Crippen LogP contribution in [0.5, 0.6) is 0 Å². The summed E-state index contributed by atoms with van der Waals surface area (Å²) in [5.74, 6) is -0.399. The lowest BCUT2D eigenvalue weighted by Gasteiger charge is -2.17. The quantitative estimate of drug-likeness (QED) is 0.683. The highest BCUT2D eigenvalue weighted by Crippen LogP contribution is 2.20. The molecule has 2 aliphatic rings. The second kappa shape index (κ2) is 6.74. The molecule has 120 valence electrons. The zero-order valence-electron chi connectivity index (χ0n) is 12.0. The van der Waals surface area contributed by atoms with Crippen LogP contribution in [0.1, 0.15) is 25.7 Å². The summed E-state index contributed by atoms with van der Waals surface area (Å²) in [6.07, 6.45) is 2.23. The van der Waals surface area contributed by atoms with Crippen molar-refractivity contribution < 1.29 is 23.1 Å². The van der Waals surface area contributed by atoms with Gasteiger partial charge in [-0.3, -0.25) is 14.5 Å². The van der Waals surface area contributed by atoms with E-state index in [1.54, 1.807) is 0 Å². The summed E-state index contributed by atoms with van der Waals surface area (Å²) in [6, 6.07) is -0.257. The Morgan fingerprint density at radius 1 is 1.29 bits per heavy atom. The Bertz CT molecular complexity index is 505. The van der Waals surface area contributed by atoms with Gasteiger partial charge >= 0.3 is 5.97 Å². The average molecular weight is 318 g/mol. The van der Waals surface area contributed by atoms with Crippen molar-refractivity contribution in [2.24, 2.45) is 5.92 Å². The highest BCUT2D eigenvalue weighted by Gasteiger charge is 2.30. The molecule has 1 amide bonds. The van der Waals surface area contributed by atoms with E-state index in [0.717, 1.165) is 19.5 Å². The molecule has 0 bridgehead atoms. The van der Waals surface area contributed by atoms with Crippen LogP contribution in [0, 0.1) is 5.92 Å². The number of hydrogen-bond acceptors (Lipinski definition) is 5. The molecule has 0 radical (unpaired) electrons. The van der Waals surface area contributed by atoms with E-state index >= 15 is 0 Å². The third-order valence-corrected chi connectivity index (χ3v) is 5.87. The molecule has 7 nitrogen and oxygen atoms in total. The molecule has 8 heteroatoms. The summed E-state index contributed by atoms with van der Waals surface area (Å²) in [7, 11) is -2.98. The first kappa shape index (κ1) is 16.2. The van der Waals surface area contributed by atoms with Crippen LogP contribution in [-0.4, -0.2) is 67.5 Å². The molecule has 2 aliphatic heterocycles. The van der Waals surface area contributed by atoms with E-state index in [4.69, 9.17) is 5.11 Å². The molecule has 21 heavy (non-hydrogen) atoms. The van der Waals surface area contributed by atoms with Gasteiger partial charge in [0.15, 0.2) is 9.84 Å². The van der Waals surface area contributed by atoms with E-state index < -0.39 is 15.8 Å². The van der Waals surface area contributed by atoms with Gasteiger partial charge in [0.1, 0.15) is 0 Å². The van der Waals surface area contributed by atoms with Gasteiger partial charge in [0, 0.05) is 19.0 Å². The molecular weight excluding hydrogens is 296 g/mol. The van der Waals surface area contributed by atoms with Gasteiger partial charge in [-0.15, -0.1) is 0 Å². The molecule has 2 fully saturated rings. The first-order chi connectivity index (χ1) is 9.84. The van der Waals surface area contributed by atoms with Crippen molar-refractivity contribution in [2.75, 3.05) is 31.1 Å². The van der Waals surface area contributed by atoms with E-state index in [-0.39, 0.29) is 36.4 Å². The van der Waals surface area contributed by atoms with Gasteiger partial charge in [-0.2, -0.15) is 0 Å². The maximum Gasteiger partial charge on any atom is 0.303 e.